The summed E-state index contributed by atoms with van der Waals surface area (Å²) in [5.74, 6) is 0. The van der Waals surface area contributed by atoms with Crippen LogP contribution in [-0.2, 0) is 10.0 Å². The highest BCUT2D eigenvalue weighted by Crippen LogP contribution is 2.21. The van der Waals surface area contributed by atoms with Gasteiger partial charge >= 0.3 is 7.12 Å². The molecule has 0 aliphatic rings. The normalized spacial score (nSPS) is 11.2. The number of hydrogen-bond donors (Lipinski definition) is 3. The Morgan fingerprint density at radius 3 is 2.45 bits per heavy atom. The molecule has 0 atom stereocenters. The Morgan fingerprint density at radius 2 is 1.85 bits per heavy atom. The van der Waals surface area contributed by atoms with E-state index in [9.17, 15) is 8.42 Å². The molecule has 2 rings (SSSR count). The second kappa shape index (κ2) is 5.80. The largest absolute Gasteiger partial charge is 0.490 e. The summed E-state index contributed by atoms with van der Waals surface area (Å²) >= 11 is 5.79. The van der Waals surface area contributed by atoms with Gasteiger partial charge in [0, 0.05) is 11.7 Å². The molecular weight excluding hydrogens is 302 g/mol. The van der Waals surface area contributed by atoms with Crippen LogP contribution in [-0.4, -0.2) is 30.6 Å². The van der Waals surface area contributed by atoms with Crippen LogP contribution in [0, 0.1) is 0 Å². The summed E-state index contributed by atoms with van der Waals surface area (Å²) in [5.41, 5.74) is 0.00119. The van der Waals surface area contributed by atoms with E-state index >= 15 is 0 Å². The fourth-order valence-corrected chi connectivity index (χ4v) is 2.77. The van der Waals surface area contributed by atoms with Crippen molar-refractivity contribution in [2.75, 3.05) is 4.72 Å². The quantitative estimate of drug-likeness (QED) is 0.554. The number of halogens is 1. The molecule has 104 valence electrons. The standard InChI is InChI=1S/C11H10BClN2O4S/c13-11-10(6-8(7-14-11)12(16)17)15-20(18,19)9-4-2-1-3-5-9/h1-7,15-17H. The molecule has 0 bridgehead atoms. The second-order valence-corrected chi connectivity index (χ2v) is 5.94. The van der Waals surface area contributed by atoms with Gasteiger partial charge in [-0.05, 0) is 18.2 Å². The average Bonchev–Trinajstić information content (AvgIpc) is 2.42. The summed E-state index contributed by atoms with van der Waals surface area (Å²) in [7, 11) is -5.58. The summed E-state index contributed by atoms with van der Waals surface area (Å²) in [4.78, 5) is 3.76. The van der Waals surface area contributed by atoms with Gasteiger partial charge in [-0.15, -0.1) is 0 Å². The summed E-state index contributed by atoms with van der Waals surface area (Å²) in [6.45, 7) is 0. The Hall–Kier alpha value is -1.61. The van der Waals surface area contributed by atoms with E-state index in [4.69, 9.17) is 21.6 Å². The zero-order chi connectivity index (χ0) is 14.8. The first-order valence-corrected chi connectivity index (χ1v) is 7.36. The monoisotopic (exact) mass is 312 g/mol. The van der Waals surface area contributed by atoms with E-state index in [0.29, 0.717) is 0 Å². The van der Waals surface area contributed by atoms with Gasteiger partial charge in [-0.3, -0.25) is 4.72 Å². The SMILES string of the molecule is O=S(=O)(Nc1cc(B(O)O)cnc1Cl)c1ccccc1. The maximum absolute atomic E-state index is 12.1. The van der Waals surface area contributed by atoms with Crippen molar-refractivity contribution in [1.29, 1.82) is 0 Å². The molecule has 0 amide bonds. The first kappa shape index (κ1) is 14.8. The molecule has 2 aromatic rings. The maximum atomic E-state index is 12.1. The van der Waals surface area contributed by atoms with E-state index in [1.54, 1.807) is 18.2 Å². The predicted molar refractivity (Wildman–Crippen MR) is 76.3 cm³/mol. The molecular formula is C11H10BClN2O4S. The molecule has 0 spiro atoms. The number of aromatic nitrogens is 1. The van der Waals surface area contributed by atoms with Crippen LogP contribution in [0.5, 0.6) is 0 Å². The van der Waals surface area contributed by atoms with Crippen LogP contribution in [0.4, 0.5) is 5.69 Å². The van der Waals surface area contributed by atoms with Crippen LogP contribution in [0.25, 0.3) is 0 Å². The smallest absolute Gasteiger partial charge is 0.423 e. The minimum absolute atomic E-state index is 0.0267. The number of nitrogens with zero attached hydrogens (tertiary/aromatic N) is 1. The maximum Gasteiger partial charge on any atom is 0.490 e. The number of anilines is 1. The molecule has 0 saturated heterocycles. The molecule has 1 aromatic carbocycles. The molecule has 0 aliphatic heterocycles. The van der Waals surface area contributed by atoms with Crippen LogP contribution in [0.2, 0.25) is 5.15 Å². The molecule has 0 unspecified atom stereocenters. The topological polar surface area (TPSA) is 99.5 Å². The van der Waals surface area contributed by atoms with Crippen molar-refractivity contribution in [2.24, 2.45) is 0 Å². The highest BCUT2D eigenvalue weighted by molar-refractivity contribution is 7.92. The minimum atomic E-state index is -3.82. The molecule has 6 nitrogen and oxygen atoms in total. The lowest BCUT2D eigenvalue weighted by Crippen LogP contribution is -2.30. The average molecular weight is 313 g/mol. The van der Waals surface area contributed by atoms with Crippen LogP contribution >= 0.6 is 11.6 Å². The fraction of sp³-hybridized carbons (Fsp3) is 0. The molecule has 0 fully saturated rings. The van der Waals surface area contributed by atoms with Crippen LogP contribution in [0.1, 0.15) is 0 Å². The summed E-state index contributed by atoms with van der Waals surface area (Å²) < 4.78 is 26.5. The van der Waals surface area contributed by atoms with E-state index in [1.807, 2.05) is 0 Å². The number of pyridine rings is 1. The van der Waals surface area contributed by atoms with Crippen molar-refractivity contribution < 1.29 is 18.5 Å². The van der Waals surface area contributed by atoms with E-state index in [2.05, 4.69) is 9.71 Å². The Labute approximate surface area is 121 Å². The zero-order valence-electron chi connectivity index (χ0n) is 10.1. The van der Waals surface area contributed by atoms with Crippen molar-refractivity contribution >= 4 is 39.9 Å². The van der Waals surface area contributed by atoms with Gasteiger partial charge in [0.25, 0.3) is 10.0 Å². The summed E-state index contributed by atoms with van der Waals surface area (Å²) in [6, 6.07) is 8.92. The third-order valence-corrected chi connectivity index (χ3v) is 4.14. The zero-order valence-corrected chi connectivity index (χ0v) is 11.6. The van der Waals surface area contributed by atoms with Gasteiger partial charge in [0.1, 0.15) is 0 Å². The Balaban J connectivity index is 2.37. The molecule has 9 heteroatoms. The Morgan fingerprint density at radius 1 is 1.20 bits per heavy atom. The number of rotatable bonds is 4. The van der Waals surface area contributed by atoms with Gasteiger partial charge in [-0.2, -0.15) is 0 Å². The predicted octanol–water partition coefficient (Wildman–Crippen LogP) is 0.216. The Bertz CT molecular complexity index is 710. The van der Waals surface area contributed by atoms with Gasteiger partial charge in [-0.1, -0.05) is 29.8 Å². The molecule has 20 heavy (non-hydrogen) atoms. The van der Waals surface area contributed by atoms with Crippen LogP contribution in [0.15, 0.2) is 47.5 Å². The lowest BCUT2D eigenvalue weighted by Gasteiger charge is -2.10. The summed E-state index contributed by atoms with van der Waals surface area (Å²) in [6.07, 6.45) is 1.15. The van der Waals surface area contributed by atoms with Gasteiger partial charge in [-0.25, -0.2) is 13.4 Å². The van der Waals surface area contributed by atoms with E-state index in [0.717, 1.165) is 6.20 Å². The van der Waals surface area contributed by atoms with Gasteiger partial charge in [0.15, 0.2) is 5.15 Å². The fourth-order valence-electron chi connectivity index (χ4n) is 1.48. The van der Waals surface area contributed by atoms with Crippen LogP contribution in [0.3, 0.4) is 0 Å². The minimum Gasteiger partial charge on any atom is -0.423 e. The third kappa shape index (κ3) is 3.28. The van der Waals surface area contributed by atoms with Gasteiger partial charge in [0.2, 0.25) is 0 Å². The number of hydrogen-bond acceptors (Lipinski definition) is 5. The summed E-state index contributed by atoms with van der Waals surface area (Å²) in [5, 5.41) is 18.0. The van der Waals surface area contributed by atoms with E-state index in [-0.39, 0.29) is 21.2 Å². The van der Waals surface area contributed by atoms with Crippen LogP contribution < -0.4 is 10.2 Å². The van der Waals surface area contributed by atoms with Crippen molar-refractivity contribution in [1.82, 2.24) is 4.98 Å². The second-order valence-electron chi connectivity index (χ2n) is 3.90. The van der Waals surface area contributed by atoms with Crippen molar-refractivity contribution in [2.45, 2.75) is 4.90 Å². The van der Waals surface area contributed by atoms with Crippen molar-refractivity contribution in [3.63, 3.8) is 0 Å². The lowest BCUT2D eigenvalue weighted by atomic mass is 9.81. The van der Waals surface area contributed by atoms with E-state index in [1.165, 1.54) is 18.2 Å². The van der Waals surface area contributed by atoms with Gasteiger partial charge < -0.3 is 10.0 Å². The Kier molecular flexibility index (Phi) is 4.29. The molecule has 3 N–H and O–H groups in total. The van der Waals surface area contributed by atoms with E-state index < -0.39 is 17.1 Å². The number of nitrogens with one attached hydrogen (secondary N) is 1. The highest BCUT2D eigenvalue weighted by Gasteiger charge is 2.19. The first-order chi connectivity index (χ1) is 9.40. The highest BCUT2D eigenvalue weighted by atomic mass is 35.5. The number of benzene rings is 1. The molecule has 0 radical (unpaired) electrons. The molecule has 0 aliphatic carbocycles. The molecule has 1 aromatic heterocycles. The molecule has 1 heterocycles. The van der Waals surface area contributed by atoms with Crippen molar-refractivity contribution in [3.05, 3.63) is 47.7 Å². The van der Waals surface area contributed by atoms with Gasteiger partial charge in [0.05, 0.1) is 10.6 Å². The number of sulfonamides is 1. The lowest BCUT2D eigenvalue weighted by molar-refractivity contribution is 0.425. The third-order valence-electron chi connectivity index (χ3n) is 2.46. The molecule has 0 saturated carbocycles. The first-order valence-electron chi connectivity index (χ1n) is 5.49. The van der Waals surface area contributed by atoms with Crippen molar-refractivity contribution in [3.8, 4) is 0 Å².